The molecule has 2 aromatic carbocycles. The third-order valence-electron chi connectivity index (χ3n) is 5.31. The normalized spacial score (nSPS) is 12.7. The summed E-state index contributed by atoms with van der Waals surface area (Å²) < 4.78 is 30.4. The van der Waals surface area contributed by atoms with Crippen molar-refractivity contribution in [1.29, 1.82) is 0 Å². The number of imidazole rings is 1. The monoisotopic (exact) mass is 476 g/mol. The molecule has 0 saturated carbocycles. The average molecular weight is 477 g/mol. The minimum atomic E-state index is -3.83. The Morgan fingerprint density at radius 2 is 1.45 bits per heavy atom. The van der Waals surface area contributed by atoms with Crippen LogP contribution in [0.3, 0.4) is 0 Å². The van der Waals surface area contributed by atoms with Gasteiger partial charge in [0.15, 0.2) is 0 Å². The zero-order valence-corrected chi connectivity index (χ0v) is 20.5. The van der Waals surface area contributed by atoms with Crippen molar-refractivity contribution in [3.63, 3.8) is 0 Å². The van der Waals surface area contributed by atoms with Crippen LogP contribution in [0.5, 0.6) is 0 Å². The fraction of sp³-hybridized carbons (Fsp3) is 0.435. The van der Waals surface area contributed by atoms with E-state index >= 15 is 0 Å². The van der Waals surface area contributed by atoms with Gasteiger partial charge in [0, 0.05) is 4.47 Å². The van der Waals surface area contributed by atoms with E-state index in [2.05, 4.69) is 74.6 Å². The molecule has 0 N–H and O–H groups in total. The van der Waals surface area contributed by atoms with Gasteiger partial charge in [-0.05, 0) is 59.6 Å². The van der Waals surface area contributed by atoms with Gasteiger partial charge in [0.25, 0.3) is 10.0 Å². The molecule has 156 valence electrons. The molecule has 29 heavy (non-hydrogen) atoms. The van der Waals surface area contributed by atoms with E-state index in [0.29, 0.717) is 27.7 Å². The van der Waals surface area contributed by atoms with Gasteiger partial charge in [0.1, 0.15) is 5.82 Å². The third kappa shape index (κ3) is 3.89. The summed E-state index contributed by atoms with van der Waals surface area (Å²) >= 11 is 3.46. The van der Waals surface area contributed by atoms with Gasteiger partial charge >= 0.3 is 0 Å². The third-order valence-corrected chi connectivity index (χ3v) is 7.73. The van der Waals surface area contributed by atoms with E-state index in [4.69, 9.17) is 0 Å². The molecule has 0 aliphatic rings. The van der Waals surface area contributed by atoms with Crippen LogP contribution in [-0.2, 0) is 10.0 Å². The summed E-state index contributed by atoms with van der Waals surface area (Å²) in [6.07, 6.45) is 0. The topological polar surface area (TPSA) is 52.0 Å². The Morgan fingerprint density at radius 1 is 0.897 bits per heavy atom. The molecule has 0 aliphatic heterocycles. The minimum absolute atomic E-state index is 0.0813. The van der Waals surface area contributed by atoms with E-state index < -0.39 is 10.0 Å². The Morgan fingerprint density at radius 3 is 1.93 bits per heavy atom. The zero-order chi connectivity index (χ0) is 21.7. The van der Waals surface area contributed by atoms with Crippen molar-refractivity contribution in [2.24, 2.45) is 0 Å². The number of hydrogen-bond donors (Lipinski definition) is 0. The molecule has 0 fully saturated rings. The lowest BCUT2D eigenvalue weighted by Crippen LogP contribution is -2.20. The highest BCUT2D eigenvalue weighted by atomic mass is 79.9. The molecule has 1 heterocycles. The maximum absolute atomic E-state index is 14.1. The average Bonchev–Trinajstić information content (AvgIpc) is 2.95. The van der Waals surface area contributed by atoms with Crippen molar-refractivity contribution < 1.29 is 8.42 Å². The number of nitrogens with zero attached hydrogens (tertiary/aromatic N) is 2. The number of hydrogen-bond acceptors (Lipinski definition) is 3. The van der Waals surface area contributed by atoms with Gasteiger partial charge in [-0.3, -0.25) is 0 Å². The molecule has 0 saturated heterocycles. The number of halogens is 1. The van der Waals surface area contributed by atoms with Crippen LogP contribution in [0.25, 0.3) is 11.0 Å². The molecular weight excluding hydrogens is 448 g/mol. The highest BCUT2D eigenvalue weighted by Gasteiger charge is 2.30. The van der Waals surface area contributed by atoms with Crippen LogP contribution in [0.4, 0.5) is 0 Å². The van der Waals surface area contributed by atoms with E-state index in [-0.39, 0.29) is 11.8 Å². The Balaban J connectivity index is 2.44. The number of rotatable bonds is 5. The van der Waals surface area contributed by atoms with Gasteiger partial charge in [0.2, 0.25) is 0 Å². The van der Waals surface area contributed by atoms with E-state index in [9.17, 15) is 8.42 Å². The largest absolute Gasteiger partial charge is 0.270 e. The van der Waals surface area contributed by atoms with Crippen molar-refractivity contribution in [2.45, 2.75) is 71.1 Å². The quantitative estimate of drug-likeness (QED) is 0.410. The van der Waals surface area contributed by atoms with Gasteiger partial charge in [-0.1, -0.05) is 69.6 Å². The standard InChI is InChI=1S/C23H29BrN2O2S/c1-13(2)17-10-19(14(3)4)23(20(11-17)15(5)6)29(27,28)26-16(7)25-21-9-8-18(24)12-22(21)26/h8-15H,1-7H3. The molecule has 0 aliphatic carbocycles. The second-order valence-electron chi connectivity index (χ2n) is 8.55. The number of aryl methyl sites for hydroxylation is 1. The summed E-state index contributed by atoms with van der Waals surface area (Å²) in [6.45, 7) is 14.2. The molecule has 3 rings (SSSR count). The molecule has 0 atom stereocenters. The first-order valence-electron chi connectivity index (χ1n) is 10.0. The molecule has 0 bridgehead atoms. The van der Waals surface area contributed by atoms with Crippen LogP contribution in [0.2, 0.25) is 0 Å². The van der Waals surface area contributed by atoms with E-state index in [1.807, 2.05) is 18.2 Å². The molecule has 0 radical (unpaired) electrons. The molecule has 0 unspecified atom stereocenters. The molecule has 0 spiro atoms. The Kier molecular flexibility index (Phi) is 5.98. The molecule has 0 amide bonds. The second kappa shape index (κ2) is 7.88. The van der Waals surface area contributed by atoms with Crippen LogP contribution in [0, 0.1) is 6.92 Å². The van der Waals surface area contributed by atoms with E-state index in [0.717, 1.165) is 15.6 Å². The van der Waals surface area contributed by atoms with Crippen LogP contribution in [0.1, 0.15) is 81.8 Å². The summed E-state index contributed by atoms with van der Waals surface area (Å²) in [6, 6.07) is 9.67. The van der Waals surface area contributed by atoms with Crippen molar-refractivity contribution in [2.75, 3.05) is 0 Å². The fourth-order valence-corrected chi connectivity index (χ4v) is 6.24. The molecule has 4 nitrogen and oxygen atoms in total. The summed E-state index contributed by atoms with van der Waals surface area (Å²) in [5.74, 6) is 0.958. The summed E-state index contributed by atoms with van der Waals surface area (Å²) in [5, 5.41) is 0. The highest BCUT2D eigenvalue weighted by molar-refractivity contribution is 9.10. The molecule has 1 aromatic heterocycles. The van der Waals surface area contributed by atoms with Crippen molar-refractivity contribution in [1.82, 2.24) is 8.96 Å². The Labute approximate surface area is 182 Å². The van der Waals surface area contributed by atoms with Gasteiger partial charge in [-0.2, -0.15) is 0 Å². The van der Waals surface area contributed by atoms with Gasteiger partial charge < -0.3 is 0 Å². The van der Waals surface area contributed by atoms with Crippen molar-refractivity contribution in [3.05, 3.63) is 57.3 Å². The Hall–Kier alpha value is -1.66. The van der Waals surface area contributed by atoms with Gasteiger partial charge in [-0.15, -0.1) is 0 Å². The first-order chi connectivity index (χ1) is 13.4. The first kappa shape index (κ1) is 22.0. The maximum atomic E-state index is 14.1. The predicted octanol–water partition coefficient (Wildman–Crippen LogP) is 6.71. The van der Waals surface area contributed by atoms with E-state index in [1.165, 1.54) is 9.54 Å². The lowest BCUT2D eigenvalue weighted by Gasteiger charge is -2.23. The molecule has 3 aromatic rings. The number of benzene rings is 2. The van der Waals surface area contributed by atoms with Crippen LogP contribution in [-0.4, -0.2) is 17.4 Å². The summed E-state index contributed by atoms with van der Waals surface area (Å²) in [7, 11) is -3.83. The van der Waals surface area contributed by atoms with E-state index in [1.54, 1.807) is 6.92 Å². The predicted molar refractivity (Wildman–Crippen MR) is 123 cm³/mol. The number of aromatic nitrogens is 2. The first-order valence-corrected chi connectivity index (χ1v) is 12.3. The minimum Gasteiger partial charge on any atom is -0.232 e. The molecule has 6 heteroatoms. The summed E-state index contributed by atoms with van der Waals surface area (Å²) in [5.41, 5.74) is 4.18. The second-order valence-corrected chi connectivity index (χ2v) is 11.2. The van der Waals surface area contributed by atoms with Gasteiger partial charge in [0.05, 0.1) is 15.9 Å². The fourth-order valence-electron chi connectivity index (χ4n) is 3.73. The zero-order valence-electron chi connectivity index (χ0n) is 18.1. The van der Waals surface area contributed by atoms with Crippen LogP contribution >= 0.6 is 15.9 Å². The Bertz CT molecular complexity index is 1150. The summed E-state index contributed by atoms with van der Waals surface area (Å²) in [4.78, 5) is 4.93. The SMILES string of the molecule is Cc1nc2ccc(Br)cc2n1S(=O)(=O)c1c(C(C)C)cc(C(C)C)cc1C(C)C. The smallest absolute Gasteiger partial charge is 0.232 e. The van der Waals surface area contributed by atoms with Crippen LogP contribution in [0.15, 0.2) is 39.7 Å². The van der Waals surface area contributed by atoms with Crippen molar-refractivity contribution >= 4 is 37.0 Å². The lowest BCUT2D eigenvalue weighted by molar-refractivity contribution is 0.581. The highest BCUT2D eigenvalue weighted by Crippen LogP contribution is 2.37. The lowest BCUT2D eigenvalue weighted by atomic mass is 9.89. The number of fused-ring (bicyclic) bond motifs is 1. The van der Waals surface area contributed by atoms with Gasteiger partial charge in [-0.25, -0.2) is 17.4 Å². The molecular formula is C23H29BrN2O2S. The maximum Gasteiger partial charge on any atom is 0.270 e. The van der Waals surface area contributed by atoms with Crippen LogP contribution < -0.4 is 0 Å². The van der Waals surface area contributed by atoms with Crippen molar-refractivity contribution in [3.8, 4) is 0 Å².